The molecule has 0 unspecified atom stereocenters. The highest BCUT2D eigenvalue weighted by atomic mass is 35.5. The van der Waals surface area contributed by atoms with Gasteiger partial charge in [-0.3, -0.25) is 0 Å². The van der Waals surface area contributed by atoms with Crippen molar-refractivity contribution in [3.8, 4) is 0 Å². The monoisotopic (exact) mass is 181 g/mol. The van der Waals surface area contributed by atoms with E-state index in [0.29, 0.717) is 5.17 Å². The topological polar surface area (TPSA) is 12.4 Å². The van der Waals surface area contributed by atoms with Crippen molar-refractivity contribution < 1.29 is 0 Å². The third kappa shape index (κ3) is 2.35. The summed E-state index contributed by atoms with van der Waals surface area (Å²) in [6.45, 7) is 3.89. The fraction of sp³-hybridized carbons (Fsp3) is 0.300. The number of aryl methyl sites for hydroxylation is 1. The Kier molecular flexibility index (Phi) is 3.30. The van der Waals surface area contributed by atoms with Gasteiger partial charge in [0.15, 0.2) is 0 Å². The summed E-state index contributed by atoms with van der Waals surface area (Å²) >= 11 is 5.69. The lowest BCUT2D eigenvalue weighted by atomic mass is 10.1. The number of hydrogen-bond acceptors (Lipinski definition) is 1. The summed E-state index contributed by atoms with van der Waals surface area (Å²) in [5.41, 5.74) is 2.21. The van der Waals surface area contributed by atoms with E-state index >= 15 is 0 Å². The summed E-state index contributed by atoms with van der Waals surface area (Å²) in [4.78, 5) is 4.21. The van der Waals surface area contributed by atoms with Gasteiger partial charge in [0.25, 0.3) is 0 Å². The molecule has 0 N–H and O–H groups in total. The molecule has 0 spiro atoms. The molecule has 0 radical (unpaired) electrons. The molecule has 0 atom stereocenters. The molecule has 0 saturated carbocycles. The van der Waals surface area contributed by atoms with Gasteiger partial charge in [-0.05, 0) is 25.0 Å². The maximum absolute atomic E-state index is 5.69. The van der Waals surface area contributed by atoms with E-state index in [1.807, 2.05) is 18.2 Å². The Bertz CT molecular complexity index is 288. The van der Waals surface area contributed by atoms with Crippen LogP contribution in [-0.2, 0) is 6.42 Å². The second-order valence-electron chi connectivity index (χ2n) is 2.59. The minimum absolute atomic E-state index is 0.580. The number of halogens is 1. The predicted molar refractivity (Wildman–Crippen MR) is 54.4 cm³/mol. The van der Waals surface area contributed by atoms with Crippen LogP contribution in [0.4, 0.5) is 5.69 Å². The molecule has 1 nitrogen and oxygen atoms in total. The van der Waals surface area contributed by atoms with Gasteiger partial charge in [-0.1, -0.05) is 36.7 Å². The fourth-order valence-corrected chi connectivity index (χ4v) is 1.18. The molecule has 64 valence electrons. The lowest BCUT2D eigenvalue weighted by Gasteiger charge is -2.00. The van der Waals surface area contributed by atoms with Gasteiger partial charge in [0.05, 0.1) is 5.69 Å². The fourth-order valence-electron chi connectivity index (χ4n) is 1.08. The van der Waals surface area contributed by atoms with E-state index in [1.54, 1.807) is 6.92 Å². The Hall–Kier alpha value is -0.820. The quantitative estimate of drug-likeness (QED) is 0.619. The van der Waals surface area contributed by atoms with Gasteiger partial charge in [0.1, 0.15) is 5.17 Å². The standard InChI is InChI=1S/C10H12ClN/c1-3-9-6-4-5-7-10(9)12-8(2)11/h4-7H,3H2,1-2H3/b12-8+. The predicted octanol–water partition coefficient (Wildman–Crippen LogP) is 3.54. The Morgan fingerprint density at radius 3 is 2.67 bits per heavy atom. The summed E-state index contributed by atoms with van der Waals surface area (Å²) in [5.74, 6) is 0. The van der Waals surface area contributed by atoms with Crippen molar-refractivity contribution in [2.75, 3.05) is 0 Å². The van der Waals surface area contributed by atoms with Crippen LogP contribution >= 0.6 is 11.6 Å². The van der Waals surface area contributed by atoms with Gasteiger partial charge in [-0.25, -0.2) is 4.99 Å². The van der Waals surface area contributed by atoms with E-state index in [0.717, 1.165) is 12.1 Å². The zero-order chi connectivity index (χ0) is 8.97. The molecule has 12 heavy (non-hydrogen) atoms. The molecule has 0 fully saturated rings. The average molecular weight is 182 g/mol. The Balaban J connectivity index is 3.05. The first-order valence-corrected chi connectivity index (χ1v) is 4.40. The van der Waals surface area contributed by atoms with E-state index in [-0.39, 0.29) is 0 Å². The second kappa shape index (κ2) is 4.27. The number of para-hydroxylation sites is 1. The summed E-state index contributed by atoms with van der Waals surface area (Å²) in [5, 5.41) is 0.580. The van der Waals surface area contributed by atoms with Crippen molar-refractivity contribution in [3.63, 3.8) is 0 Å². The van der Waals surface area contributed by atoms with Gasteiger partial charge in [0.2, 0.25) is 0 Å². The zero-order valence-electron chi connectivity index (χ0n) is 7.34. The second-order valence-corrected chi connectivity index (χ2v) is 3.14. The molecule has 0 aliphatic carbocycles. The van der Waals surface area contributed by atoms with Crippen LogP contribution in [-0.4, -0.2) is 5.17 Å². The van der Waals surface area contributed by atoms with E-state index < -0.39 is 0 Å². The van der Waals surface area contributed by atoms with Gasteiger partial charge in [-0.15, -0.1) is 0 Å². The van der Waals surface area contributed by atoms with Crippen LogP contribution in [0.5, 0.6) is 0 Å². The highest BCUT2D eigenvalue weighted by molar-refractivity contribution is 6.65. The number of rotatable bonds is 2. The average Bonchev–Trinajstić information content (AvgIpc) is 2.04. The summed E-state index contributed by atoms with van der Waals surface area (Å²) in [7, 11) is 0. The van der Waals surface area contributed by atoms with Gasteiger partial charge in [0, 0.05) is 0 Å². The van der Waals surface area contributed by atoms with Crippen molar-refractivity contribution in [2.24, 2.45) is 4.99 Å². The lowest BCUT2D eigenvalue weighted by molar-refractivity contribution is 1.13. The summed E-state index contributed by atoms with van der Waals surface area (Å²) < 4.78 is 0. The van der Waals surface area contributed by atoms with Crippen molar-refractivity contribution >= 4 is 22.5 Å². The van der Waals surface area contributed by atoms with Gasteiger partial charge >= 0.3 is 0 Å². The first-order chi connectivity index (χ1) is 5.74. The molecule has 0 saturated heterocycles. The van der Waals surface area contributed by atoms with Crippen molar-refractivity contribution in [2.45, 2.75) is 20.3 Å². The van der Waals surface area contributed by atoms with E-state index in [1.165, 1.54) is 5.56 Å². The molecular formula is C10H12ClN. The number of hydrogen-bond donors (Lipinski definition) is 0. The molecule has 0 aromatic heterocycles. The third-order valence-electron chi connectivity index (χ3n) is 1.65. The normalized spacial score (nSPS) is 11.8. The first-order valence-electron chi connectivity index (χ1n) is 4.02. The molecule has 1 aromatic rings. The molecule has 0 heterocycles. The third-order valence-corrected chi connectivity index (χ3v) is 1.73. The van der Waals surface area contributed by atoms with Crippen molar-refractivity contribution in [1.29, 1.82) is 0 Å². The van der Waals surface area contributed by atoms with Crippen LogP contribution in [0, 0.1) is 0 Å². The highest BCUT2D eigenvalue weighted by Crippen LogP contribution is 2.19. The Morgan fingerprint density at radius 2 is 2.08 bits per heavy atom. The molecule has 2 heteroatoms. The largest absolute Gasteiger partial charge is 0.241 e. The van der Waals surface area contributed by atoms with Gasteiger partial charge in [-0.2, -0.15) is 0 Å². The van der Waals surface area contributed by atoms with Crippen LogP contribution in [0.2, 0.25) is 0 Å². The summed E-state index contributed by atoms with van der Waals surface area (Å²) in [6, 6.07) is 8.03. The molecule has 0 amide bonds. The number of nitrogens with zero attached hydrogens (tertiary/aromatic N) is 1. The zero-order valence-corrected chi connectivity index (χ0v) is 8.10. The minimum Gasteiger partial charge on any atom is -0.241 e. The van der Waals surface area contributed by atoms with Gasteiger partial charge < -0.3 is 0 Å². The maximum Gasteiger partial charge on any atom is 0.103 e. The van der Waals surface area contributed by atoms with E-state index in [9.17, 15) is 0 Å². The number of aliphatic imine (C=N–C) groups is 1. The van der Waals surface area contributed by atoms with E-state index in [4.69, 9.17) is 11.6 Å². The summed E-state index contributed by atoms with van der Waals surface area (Å²) in [6.07, 6.45) is 0.990. The molecule has 1 rings (SSSR count). The Morgan fingerprint density at radius 1 is 1.42 bits per heavy atom. The molecule has 0 bridgehead atoms. The maximum atomic E-state index is 5.69. The molecule has 1 aromatic carbocycles. The van der Waals surface area contributed by atoms with Crippen LogP contribution < -0.4 is 0 Å². The SMILES string of the molecule is CCc1ccccc1/N=C(\C)Cl. The first kappa shape index (κ1) is 9.27. The van der Waals surface area contributed by atoms with Crippen LogP contribution in [0.3, 0.4) is 0 Å². The minimum atomic E-state index is 0.580. The smallest absolute Gasteiger partial charge is 0.103 e. The van der Waals surface area contributed by atoms with Crippen molar-refractivity contribution in [3.05, 3.63) is 29.8 Å². The van der Waals surface area contributed by atoms with Crippen LogP contribution in [0.1, 0.15) is 19.4 Å². The molecular weight excluding hydrogens is 170 g/mol. The van der Waals surface area contributed by atoms with Crippen molar-refractivity contribution in [1.82, 2.24) is 0 Å². The Labute approximate surface area is 78.1 Å². The lowest BCUT2D eigenvalue weighted by Crippen LogP contribution is -1.82. The van der Waals surface area contributed by atoms with Crippen LogP contribution in [0.15, 0.2) is 29.3 Å². The van der Waals surface area contributed by atoms with E-state index in [2.05, 4.69) is 18.0 Å². The number of benzene rings is 1. The highest BCUT2D eigenvalue weighted by Gasteiger charge is 1.96. The van der Waals surface area contributed by atoms with Crippen LogP contribution in [0.25, 0.3) is 0 Å². The molecule has 0 aliphatic rings. The molecule has 0 aliphatic heterocycles.